The third-order valence-corrected chi connectivity index (χ3v) is 3.44. The van der Waals surface area contributed by atoms with E-state index in [1.54, 1.807) is 6.20 Å². The highest BCUT2D eigenvalue weighted by atomic mass is 79.9. The van der Waals surface area contributed by atoms with Crippen LogP contribution in [-0.2, 0) is 12.0 Å². The van der Waals surface area contributed by atoms with Gasteiger partial charge in [0.1, 0.15) is 0 Å². The molecule has 0 aliphatic rings. The molecule has 0 radical (unpaired) electrons. The highest BCUT2D eigenvalue weighted by molar-refractivity contribution is 9.10. The summed E-state index contributed by atoms with van der Waals surface area (Å²) in [6.45, 7) is 4.14. The van der Waals surface area contributed by atoms with Crippen LogP contribution in [0.2, 0.25) is 0 Å². The summed E-state index contributed by atoms with van der Waals surface area (Å²) in [5, 5.41) is 0. The van der Waals surface area contributed by atoms with Crippen molar-refractivity contribution in [2.24, 2.45) is 5.73 Å². The van der Waals surface area contributed by atoms with Gasteiger partial charge in [0, 0.05) is 22.4 Å². The van der Waals surface area contributed by atoms with Gasteiger partial charge < -0.3 is 5.73 Å². The van der Waals surface area contributed by atoms with Crippen LogP contribution in [-0.4, -0.2) is 4.98 Å². The molecule has 2 nitrogen and oxygen atoms in total. The van der Waals surface area contributed by atoms with Crippen LogP contribution in [0.5, 0.6) is 0 Å². The van der Waals surface area contributed by atoms with Crippen molar-refractivity contribution in [1.29, 1.82) is 0 Å². The summed E-state index contributed by atoms with van der Waals surface area (Å²) in [7, 11) is 0. The van der Waals surface area contributed by atoms with Crippen LogP contribution in [0.3, 0.4) is 0 Å². The lowest BCUT2D eigenvalue weighted by Crippen LogP contribution is -2.35. The van der Waals surface area contributed by atoms with Crippen molar-refractivity contribution in [2.75, 3.05) is 0 Å². The van der Waals surface area contributed by atoms with Crippen molar-refractivity contribution in [3.05, 3.63) is 63.9 Å². The maximum atomic E-state index is 6.45. The van der Waals surface area contributed by atoms with E-state index in [0.29, 0.717) is 0 Å². The third kappa shape index (κ3) is 3.18. The van der Waals surface area contributed by atoms with E-state index in [4.69, 9.17) is 5.73 Å². The van der Waals surface area contributed by atoms with Crippen LogP contribution in [0.4, 0.5) is 0 Å². The highest BCUT2D eigenvalue weighted by Gasteiger charge is 2.21. The van der Waals surface area contributed by atoms with Gasteiger partial charge in [-0.05, 0) is 53.4 Å². The Labute approximate surface area is 116 Å². The fourth-order valence-corrected chi connectivity index (χ4v) is 2.49. The largest absolute Gasteiger partial charge is 0.321 e. The summed E-state index contributed by atoms with van der Waals surface area (Å²) >= 11 is 3.43. The normalized spacial score (nSPS) is 14.2. The monoisotopic (exact) mass is 304 g/mol. The molecule has 1 atom stereocenters. The Kier molecular flexibility index (Phi) is 3.83. The first-order valence-corrected chi connectivity index (χ1v) is 6.72. The Morgan fingerprint density at radius 1 is 1.28 bits per heavy atom. The molecule has 94 valence electrons. The predicted octanol–water partition coefficient (Wildman–Crippen LogP) is 3.57. The Morgan fingerprint density at radius 3 is 2.72 bits per heavy atom. The average molecular weight is 305 g/mol. The van der Waals surface area contributed by atoms with Gasteiger partial charge in [0.2, 0.25) is 0 Å². The number of aromatic nitrogens is 1. The molecule has 18 heavy (non-hydrogen) atoms. The topological polar surface area (TPSA) is 38.9 Å². The smallest absolute Gasteiger partial charge is 0.0422 e. The van der Waals surface area contributed by atoms with E-state index in [-0.39, 0.29) is 5.54 Å². The SMILES string of the molecule is Cc1cccc(C(C)(N)Cc2cncc(Br)c2)c1. The molecule has 0 saturated heterocycles. The van der Waals surface area contributed by atoms with Gasteiger partial charge in [-0.3, -0.25) is 4.98 Å². The zero-order chi connectivity index (χ0) is 13.2. The molecule has 0 fully saturated rings. The quantitative estimate of drug-likeness (QED) is 0.941. The van der Waals surface area contributed by atoms with Crippen LogP contribution in [0.15, 0.2) is 47.2 Å². The maximum Gasteiger partial charge on any atom is 0.0422 e. The van der Waals surface area contributed by atoms with Crippen LogP contribution in [0.1, 0.15) is 23.6 Å². The third-order valence-electron chi connectivity index (χ3n) is 3.01. The Morgan fingerprint density at radius 2 is 2.06 bits per heavy atom. The lowest BCUT2D eigenvalue weighted by molar-refractivity contribution is 0.490. The molecule has 0 amide bonds. The molecule has 1 heterocycles. The van der Waals surface area contributed by atoms with Gasteiger partial charge in [0.15, 0.2) is 0 Å². The minimum Gasteiger partial charge on any atom is -0.321 e. The number of benzene rings is 1. The molecule has 0 aliphatic carbocycles. The second kappa shape index (κ2) is 5.21. The molecule has 2 aromatic rings. The number of rotatable bonds is 3. The Balaban J connectivity index is 2.26. The molecule has 2 rings (SSSR count). The van der Waals surface area contributed by atoms with E-state index in [1.165, 1.54) is 5.56 Å². The second-order valence-corrected chi connectivity index (χ2v) is 5.89. The number of hydrogen-bond donors (Lipinski definition) is 1. The first-order chi connectivity index (χ1) is 8.47. The number of nitrogens with two attached hydrogens (primary N) is 1. The number of aryl methyl sites for hydroxylation is 1. The molecule has 0 bridgehead atoms. The first kappa shape index (κ1) is 13.2. The van der Waals surface area contributed by atoms with Crippen molar-refractivity contribution in [3.8, 4) is 0 Å². The van der Waals surface area contributed by atoms with E-state index in [9.17, 15) is 0 Å². The van der Waals surface area contributed by atoms with Crippen LogP contribution >= 0.6 is 15.9 Å². The summed E-state index contributed by atoms with van der Waals surface area (Å²) in [5.74, 6) is 0. The van der Waals surface area contributed by atoms with E-state index in [1.807, 2.05) is 6.20 Å². The van der Waals surface area contributed by atoms with E-state index < -0.39 is 0 Å². The molecule has 0 saturated carbocycles. The average Bonchev–Trinajstić information content (AvgIpc) is 2.28. The fraction of sp³-hybridized carbons (Fsp3) is 0.267. The predicted molar refractivity (Wildman–Crippen MR) is 78.4 cm³/mol. The van der Waals surface area contributed by atoms with Crippen LogP contribution in [0.25, 0.3) is 0 Å². The molecule has 2 N–H and O–H groups in total. The molecule has 0 spiro atoms. The van der Waals surface area contributed by atoms with Gasteiger partial charge in [-0.25, -0.2) is 0 Å². The van der Waals surface area contributed by atoms with Gasteiger partial charge in [-0.2, -0.15) is 0 Å². The lowest BCUT2D eigenvalue weighted by atomic mass is 9.86. The van der Waals surface area contributed by atoms with Gasteiger partial charge in [-0.15, -0.1) is 0 Å². The van der Waals surface area contributed by atoms with Gasteiger partial charge in [-0.1, -0.05) is 29.8 Å². The minimum absolute atomic E-state index is 0.380. The van der Waals surface area contributed by atoms with Crippen molar-refractivity contribution >= 4 is 15.9 Å². The molecule has 1 aromatic heterocycles. The first-order valence-electron chi connectivity index (χ1n) is 5.93. The molecule has 0 aliphatic heterocycles. The molecular formula is C15H17BrN2. The molecule has 1 aromatic carbocycles. The summed E-state index contributed by atoms with van der Waals surface area (Å²) < 4.78 is 0.986. The van der Waals surface area contributed by atoms with E-state index in [2.05, 4.69) is 65.1 Å². The zero-order valence-electron chi connectivity index (χ0n) is 10.7. The summed E-state index contributed by atoms with van der Waals surface area (Å²) in [6.07, 6.45) is 4.42. The summed E-state index contributed by atoms with van der Waals surface area (Å²) in [4.78, 5) is 4.18. The van der Waals surface area contributed by atoms with Crippen molar-refractivity contribution in [3.63, 3.8) is 0 Å². The van der Waals surface area contributed by atoms with E-state index in [0.717, 1.165) is 22.0 Å². The van der Waals surface area contributed by atoms with Gasteiger partial charge in [0.05, 0.1) is 0 Å². The number of nitrogens with zero attached hydrogens (tertiary/aromatic N) is 1. The minimum atomic E-state index is -0.380. The van der Waals surface area contributed by atoms with Gasteiger partial charge >= 0.3 is 0 Å². The molecule has 3 heteroatoms. The molecule has 1 unspecified atom stereocenters. The Hall–Kier alpha value is -1.19. The summed E-state index contributed by atoms with van der Waals surface area (Å²) in [5.41, 5.74) is 9.59. The fourth-order valence-electron chi connectivity index (χ4n) is 2.08. The van der Waals surface area contributed by atoms with Crippen molar-refractivity contribution in [1.82, 2.24) is 4.98 Å². The number of halogens is 1. The second-order valence-electron chi connectivity index (χ2n) is 4.98. The van der Waals surface area contributed by atoms with E-state index >= 15 is 0 Å². The zero-order valence-corrected chi connectivity index (χ0v) is 12.2. The maximum absolute atomic E-state index is 6.45. The number of pyridine rings is 1. The highest BCUT2D eigenvalue weighted by Crippen LogP contribution is 2.24. The summed E-state index contributed by atoms with van der Waals surface area (Å²) in [6, 6.07) is 10.4. The van der Waals surface area contributed by atoms with Crippen LogP contribution in [0, 0.1) is 6.92 Å². The Bertz CT molecular complexity index is 550. The lowest BCUT2D eigenvalue weighted by Gasteiger charge is -2.25. The molecular weight excluding hydrogens is 288 g/mol. The number of hydrogen-bond acceptors (Lipinski definition) is 2. The van der Waals surface area contributed by atoms with Crippen molar-refractivity contribution < 1.29 is 0 Å². The van der Waals surface area contributed by atoms with Gasteiger partial charge in [0.25, 0.3) is 0 Å². The van der Waals surface area contributed by atoms with Crippen molar-refractivity contribution in [2.45, 2.75) is 25.8 Å². The van der Waals surface area contributed by atoms with Crippen LogP contribution < -0.4 is 5.73 Å². The standard InChI is InChI=1S/C15H17BrN2/c1-11-4-3-5-13(6-11)15(2,17)8-12-7-14(16)10-18-9-12/h3-7,9-10H,8,17H2,1-2H3.